The second-order valence-corrected chi connectivity index (χ2v) is 4.93. The molecule has 3 rings (SSSR count). The molecule has 0 aliphatic heterocycles. The van der Waals surface area contributed by atoms with Crippen LogP contribution in [0.15, 0.2) is 42.7 Å². The highest BCUT2D eigenvalue weighted by molar-refractivity contribution is 5.89. The lowest BCUT2D eigenvalue weighted by molar-refractivity contribution is 0.0697. The van der Waals surface area contributed by atoms with Crippen LogP contribution in [0, 0.1) is 0 Å². The fourth-order valence-electron chi connectivity index (χ4n) is 2.27. The van der Waals surface area contributed by atoms with Crippen molar-refractivity contribution < 1.29 is 9.90 Å². The number of carboxylic acids is 1. The summed E-state index contributed by atoms with van der Waals surface area (Å²) >= 11 is 0. The fourth-order valence-corrected chi connectivity index (χ4v) is 2.27. The number of carbonyl (C=O) groups is 1. The SMILES string of the molecule is CCCNc1ccnc2c(-c3ccc(C(=O)O)cc3)cnn12. The maximum atomic E-state index is 10.9. The van der Waals surface area contributed by atoms with E-state index in [9.17, 15) is 4.79 Å². The second-order valence-electron chi connectivity index (χ2n) is 4.93. The van der Waals surface area contributed by atoms with Crippen LogP contribution in [-0.4, -0.2) is 32.2 Å². The number of aromatic carboxylic acids is 1. The van der Waals surface area contributed by atoms with E-state index >= 15 is 0 Å². The Hall–Kier alpha value is -2.89. The quantitative estimate of drug-likeness (QED) is 0.756. The van der Waals surface area contributed by atoms with Gasteiger partial charge < -0.3 is 10.4 Å². The second kappa shape index (κ2) is 5.85. The summed E-state index contributed by atoms with van der Waals surface area (Å²) in [7, 11) is 0. The Kier molecular flexibility index (Phi) is 3.74. The molecule has 0 aliphatic carbocycles. The summed E-state index contributed by atoms with van der Waals surface area (Å²) in [5.74, 6) is -0.0455. The minimum absolute atomic E-state index is 0.262. The zero-order valence-electron chi connectivity index (χ0n) is 12.2. The number of nitrogens with zero attached hydrogens (tertiary/aromatic N) is 3. The van der Waals surface area contributed by atoms with Gasteiger partial charge in [0.2, 0.25) is 0 Å². The third-order valence-electron chi connectivity index (χ3n) is 3.40. The summed E-state index contributed by atoms with van der Waals surface area (Å²) < 4.78 is 1.76. The van der Waals surface area contributed by atoms with Crippen LogP contribution < -0.4 is 5.32 Å². The van der Waals surface area contributed by atoms with Gasteiger partial charge in [-0.3, -0.25) is 0 Å². The third kappa shape index (κ3) is 2.50. The first-order valence-corrected chi connectivity index (χ1v) is 7.11. The summed E-state index contributed by atoms with van der Waals surface area (Å²) in [6.45, 7) is 2.96. The highest BCUT2D eigenvalue weighted by Crippen LogP contribution is 2.25. The van der Waals surface area contributed by atoms with E-state index in [-0.39, 0.29) is 5.56 Å². The van der Waals surface area contributed by atoms with Crippen molar-refractivity contribution in [3.8, 4) is 11.1 Å². The van der Waals surface area contributed by atoms with E-state index in [2.05, 4.69) is 22.3 Å². The van der Waals surface area contributed by atoms with Crippen LogP contribution in [0.1, 0.15) is 23.7 Å². The Morgan fingerprint density at radius 1 is 1.27 bits per heavy atom. The molecule has 3 aromatic rings. The van der Waals surface area contributed by atoms with Crippen LogP contribution >= 0.6 is 0 Å². The van der Waals surface area contributed by atoms with Gasteiger partial charge in [0, 0.05) is 18.3 Å². The van der Waals surface area contributed by atoms with E-state index in [1.165, 1.54) is 0 Å². The Morgan fingerprint density at radius 3 is 2.73 bits per heavy atom. The van der Waals surface area contributed by atoms with Crippen molar-refractivity contribution in [3.05, 3.63) is 48.3 Å². The van der Waals surface area contributed by atoms with Crippen molar-refractivity contribution in [1.82, 2.24) is 14.6 Å². The summed E-state index contributed by atoms with van der Waals surface area (Å²) in [6.07, 6.45) is 4.51. The van der Waals surface area contributed by atoms with Gasteiger partial charge in [0.25, 0.3) is 0 Å². The highest BCUT2D eigenvalue weighted by Gasteiger charge is 2.11. The predicted octanol–water partition coefficient (Wildman–Crippen LogP) is 2.92. The first-order chi connectivity index (χ1) is 10.7. The molecular weight excluding hydrogens is 280 g/mol. The van der Waals surface area contributed by atoms with Gasteiger partial charge in [0.05, 0.1) is 11.8 Å². The third-order valence-corrected chi connectivity index (χ3v) is 3.40. The predicted molar refractivity (Wildman–Crippen MR) is 84.2 cm³/mol. The fraction of sp³-hybridized carbons (Fsp3) is 0.188. The van der Waals surface area contributed by atoms with Gasteiger partial charge >= 0.3 is 5.97 Å². The van der Waals surface area contributed by atoms with E-state index in [0.29, 0.717) is 0 Å². The molecule has 0 amide bonds. The standard InChI is InChI=1S/C16H16N4O2/c1-2-8-17-14-7-9-18-15-13(10-19-20(14)15)11-3-5-12(6-4-11)16(21)22/h3-7,9-10,17H,2,8H2,1H3,(H,21,22). The Balaban J connectivity index is 2.02. The van der Waals surface area contributed by atoms with E-state index in [4.69, 9.17) is 5.11 Å². The molecule has 0 unspecified atom stereocenters. The molecule has 0 fully saturated rings. The van der Waals surface area contributed by atoms with Gasteiger partial charge in [-0.25, -0.2) is 9.78 Å². The van der Waals surface area contributed by atoms with Crippen molar-refractivity contribution in [2.24, 2.45) is 0 Å². The molecule has 2 N–H and O–H groups in total. The molecule has 1 aromatic carbocycles. The molecule has 112 valence electrons. The van der Waals surface area contributed by atoms with Crippen molar-refractivity contribution in [3.63, 3.8) is 0 Å². The molecule has 0 saturated carbocycles. The van der Waals surface area contributed by atoms with E-state index < -0.39 is 5.97 Å². The Bertz CT molecular complexity index is 809. The number of rotatable bonds is 5. The largest absolute Gasteiger partial charge is 0.478 e. The van der Waals surface area contributed by atoms with Crippen LogP contribution in [0.5, 0.6) is 0 Å². The number of hydrogen-bond donors (Lipinski definition) is 2. The van der Waals surface area contributed by atoms with E-state index in [1.807, 2.05) is 6.07 Å². The van der Waals surface area contributed by atoms with Crippen molar-refractivity contribution in [1.29, 1.82) is 0 Å². The average Bonchev–Trinajstić information content (AvgIpc) is 2.97. The van der Waals surface area contributed by atoms with Crippen LogP contribution in [-0.2, 0) is 0 Å². The maximum absolute atomic E-state index is 10.9. The van der Waals surface area contributed by atoms with Gasteiger partial charge in [0.1, 0.15) is 5.82 Å². The zero-order chi connectivity index (χ0) is 15.5. The zero-order valence-corrected chi connectivity index (χ0v) is 12.2. The normalized spacial score (nSPS) is 10.8. The van der Waals surface area contributed by atoms with Crippen LogP contribution in [0.25, 0.3) is 16.8 Å². The van der Waals surface area contributed by atoms with Crippen molar-refractivity contribution in [2.45, 2.75) is 13.3 Å². The smallest absolute Gasteiger partial charge is 0.335 e. The molecule has 0 spiro atoms. The molecule has 0 saturated heterocycles. The van der Waals surface area contributed by atoms with Crippen molar-refractivity contribution in [2.75, 3.05) is 11.9 Å². The summed E-state index contributed by atoms with van der Waals surface area (Å²) in [5.41, 5.74) is 2.76. The molecule has 6 nitrogen and oxygen atoms in total. The first-order valence-electron chi connectivity index (χ1n) is 7.11. The number of hydrogen-bond acceptors (Lipinski definition) is 4. The van der Waals surface area contributed by atoms with E-state index in [0.717, 1.165) is 35.6 Å². The van der Waals surface area contributed by atoms with Crippen LogP contribution in [0.4, 0.5) is 5.82 Å². The van der Waals surface area contributed by atoms with Gasteiger partial charge in [-0.15, -0.1) is 0 Å². The van der Waals surface area contributed by atoms with Gasteiger partial charge in [-0.1, -0.05) is 19.1 Å². The van der Waals surface area contributed by atoms with Crippen molar-refractivity contribution >= 4 is 17.4 Å². The monoisotopic (exact) mass is 296 g/mol. The average molecular weight is 296 g/mol. The van der Waals surface area contributed by atoms with Gasteiger partial charge in [-0.05, 0) is 30.2 Å². The lowest BCUT2D eigenvalue weighted by Crippen LogP contribution is -2.06. The van der Waals surface area contributed by atoms with Gasteiger partial charge in [0.15, 0.2) is 5.65 Å². The molecule has 2 aromatic heterocycles. The molecule has 6 heteroatoms. The summed E-state index contributed by atoms with van der Waals surface area (Å²) in [6, 6.07) is 8.59. The van der Waals surface area contributed by atoms with E-state index in [1.54, 1.807) is 41.2 Å². The lowest BCUT2D eigenvalue weighted by Gasteiger charge is -2.06. The Morgan fingerprint density at radius 2 is 2.05 bits per heavy atom. The molecule has 2 heterocycles. The molecule has 0 bridgehead atoms. The minimum Gasteiger partial charge on any atom is -0.478 e. The number of fused-ring (bicyclic) bond motifs is 1. The number of benzene rings is 1. The van der Waals surface area contributed by atoms with Gasteiger partial charge in [-0.2, -0.15) is 9.61 Å². The molecule has 0 atom stereocenters. The minimum atomic E-state index is -0.935. The number of anilines is 1. The van der Waals surface area contributed by atoms with Crippen LogP contribution in [0.3, 0.4) is 0 Å². The lowest BCUT2D eigenvalue weighted by atomic mass is 10.1. The first kappa shape index (κ1) is 14.1. The number of carboxylic acid groups (broad SMARTS) is 1. The van der Waals surface area contributed by atoms with Crippen LogP contribution in [0.2, 0.25) is 0 Å². The molecular formula is C16H16N4O2. The summed E-state index contributed by atoms with van der Waals surface area (Å²) in [4.78, 5) is 15.3. The molecule has 0 aliphatic rings. The number of aromatic nitrogens is 3. The molecule has 0 radical (unpaired) electrons. The number of nitrogens with one attached hydrogen (secondary N) is 1. The topological polar surface area (TPSA) is 79.5 Å². The highest BCUT2D eigenvalue weighted by atomic mass is 16.4. The molecule has 22 heavy (non-hydrogen) atoms. The summed E-state index contributed by atoms with van der Waals surface area (Å²) in [5, 5.41) is 16.6. The maximum Gasteiger partial charge on any atom is 0.335 e. The Labute approximate surface area is 127 Å².